The third kappa shape index (κ3) is 1.82. The van der Waals surface area contributed by atoms with E-state index >= 15 is 0 Å². The van der Waals surface area contributed by atoms with Crippen molar-refractivity contribution in [2.45, 2.75) is 25.3 Å². The van der Waals surface area contributed by atoms with Crippen LogP contribution < -0.4 is 5.32 Å². The van der Waals surface area contributed by atoms with Crippen LogP contribution in [0.4, 0.5) is 10.2 Å². The zero-order valence-electron chi connectivity index (χ0n) is 10.6. The number of anilines is 1. The molecule has 19 heavy (non-hydrogen) atoms. The van der Waals surface area contributed by atoms with E-state index in [0.29, 0.717) is 6.04 Å². The lowest BCUT2D eigenvalue weighted by atomic mass is 10.0. The van der Waals surface area contributed by atoms with Gasteiger partial charge >= 0.3 is 0 Å². The quantitative estimate of drug-likeness (QED) is 0.893. The standard InChI is InChI=1S/C15H16FN3/c16-12-5-3-10(4-6-12)13-9-18-19-14(11-1-2-11)7-8-17-15(13)19/h3-6,9,11,14,17H,1-2,7-8H2. The van der Waals surface area contributed by atoms with Crippen molar-refractivity contribution in [3.63, 3.8) is 0 Å². The van der Waals surface area contributed by atoms with Gasteiger partial charge in [-0.3, -0.25) is 0 Å². The summed E-state index contributed by atoms with van der Waals surface area (Å²) in [6.07, 6.45) is 5.71. The molecule has 0 amide bonds. The van der Waals surface area contributed by atoms with Crippen LogP contribution in [0.25, 0.3) is 11.1 Å². The fourth-order valence-electron chi connectivity index (χ4n) is 3.01. The van der Waals surface area contributed by atoms with E-state index in [1.54, 1.807) is 0 Å². The van der Waals surface area contributed by atoms with E-state index in [9.17, 15) is 4.39 Å². The summed E-state index contributed by atoms with van der Waals surface area (Å²) in [5.74, 6) is 1.70. The molecule has 1 aliphatic heterocycles. The van der Waals surface area contributed by atoms with Crippen molar-refractivity contribution in [1.29, 1.82) is 0 Å². The fraction of sp³-hybridized carbons (Fsp3) is 0.400. The van der Waals surface area contributed by atoms with Gasteiger partial charge in [0.05, 0.1) is 12.2 Å². The molecule has 2 aliphatic rings. The van der Waals surface area contributed by atoms with Crippen LogP contribution in [0.15, 0.2) is 30.5 Å². The Morgan fingerprint density at radius 3 is 2.68 bits per heavy atom. The van der Waals surface area contributed by atoms with Gasteiger partial charge in [0.2, 0.25) is 0 Å². The lowest BCUT2D eigenvalue weighted by Gasteiger charge is -2.26. The highest BCUT2D eigenvalue weighted by Crippen LogP contribution is 2.45. The molecule has 98 valence electrons. The molecule has 1 saturated carbocycles. The van der Waals surface area contributed by atoms with E-state index in [1.807, 2.05) is 18.3 Å². The maximum absolute atomic E-state index is 13.0. The summed E-state index contributed by atoms with van der Waals surface area (Å²) in [7, 11) is 0. The maximum atomic E-state index is 13.0. The molecule has 0 bridgehead atoms. The zero-order valence-corrected chi connectivity index (χ0v) is 10.6. The first-order valence-electron chi connectivity index (χ1n) is 6.90. The molecule has 1 N–H and O–H groups in total. The second-order valence-corrected chi connectivity index (χ2v) is 5.48. The van der Waals surface area contributed by atoms with Gasteiger partial charge in [-0.2, -0.15) is 5.10 Å². The summed E-state index contributed by atoms with van der Waals surface area (Å²) >= 11 is 0. The van der Waals surface area contributed by atoms with Gasteiger partial charge in [0.1, 0.15) is 11.6 Å². The van der Waals surface area contributed by atoms with Crippen LogP contribution in [0.2, 0.25) is 0 Å². The molecule has 1 aliphatic carbocycles. The third-order valence-electron chi connectivity index (χ3n) is 4.16. The Kier molecular flexibility index (Phi) is 2.37. The van der Waals surface area contributed by atoms with Crippen LogP contribution in [-0.4, -0.2) is 16.3 Å². The van der Waals surface area contributed by atoms with Gasteiger partial charge in [-0.15, -0.1) is 0 Å². The second-order valence-electron chi connectivity index (χ2n) is 5.48. The number of fused-ring (bicyclic) bond motifs is 1. The molecular weight excluding hydrogens is 241 g/mol. The van der Waals surface area contributed by atoms with Crippen LogP contribution in [0.5, 0.6) is 0 Å². The van der Waals surface area contributed by atoms with Crippen LogP contribution in [0, 0.1) is 11.7 Å². The fourth-order valence-corrected chi connectivity index (χ4v) is 3.01. The Balaban J connectivity index is 1.76. The Bertz CT molecular complexity index is 598. The summed E-state index contributed by atoms with van der Waals surface area (Å²) in [5, 5.41) is 8.00. The molecular formula is C15H16FN3. The predicted octanol–water partition coefficient (Wildman–Crippen LogP) is 3.46. The van der Waals surface area contributed by atoms with Gasteiger partial charge in [-0.1, -0.05) is 12.1 Å². The first kappa shape index (κ1) is 11.0. The zero-order chi connectivity index (χ0) is 12.8. The highest BCUT2D eigenvalue weighted by Gasteiger charge is 2.36. The van der Waals surface area contributed by atoms with Gasteiger partial charge in [0, 0.05) is 12.1 Å². The normalized spacial score (nSPS) is 21.8. The number of benzene rings is 1. The van der Waals surface area contributed by atoms with Crippen molar-refractivity contribution in [2.75, 3.05) is 11.9 Å². The number of rotatable bonds is 2. The Morgan fingerprint density at radius 1 is 1.16 bits per heavy atom. The largest absolute Gasteiger partial charge is 0.370 e. The molecule has 4 rings (SSSR count). The van der Waals surface area contributed by atoms with E-state index in [1.165, 1.54) is 25.0 Å². The number of hydrogen-bond acceptors (Lipinski definition) is 2. The summed E-state index contributed by atoms with van der Waals surface area (Å²) in [4.78, 5) is 0. The maximum Gasteiger partial charge on any atom is 0.132 e. The van der Waals surface area contributed by atoms with Gasteiger partial charge in [0.25, 0.3) is 0 Å². The first-order chi connectivity index (χ1) is 9.33. The smallest absolute Gasteiger partial charge is 0.132 e. The minimum absolute atomic E-state index is 0.200. The van der Waals surface area contributed by atoms with Gasteiger partial charge in [-0.05, 0) is 42.9 Å². The van der Waals surface area contributed by atoms with Crippen LogP contribution in [-0.2, 0) is 0 Å². The minimum atomic E-state index is -0.200. The van der Waals surface area contributed by atoms with Crippen molar-refractivity contribution in [2.24, 2.45) is 5.92 Å². The molecule has 0 radical (unpaired) electrons. The molecule has 1 aromatic carbocycles. The van der Waals surface area contributed by atoms with Crippen LogP contribution in [0.3, 0.4) is 0 Å². The van der Waals surface area contributed by atoms with Crippen LogP contribution >= 0.6 is 0 Å². The highest BCUT2D eigenvalue weighted by atomic mass is 19.1. The number of halogens is 1. The van der Waals surface area contributed by atoms with Gasteiger partial charge < -0.3 is 5.32 Å². The number of nitrogens with one attached hydrogen (secondary N) is 1. The van der Waals surface area contributed by atoms with Crippen molar-refractivity contribution in [1.82, 2.24) is 9.78 Å². The molecule has 4 heteroatoms. The van der Waals surface area contributed by atoms with E-state index < -0.39 is 0 Å². The summed E-state index contributed by atoms with van der Waals surface area (Å²) in [6.45, 7) is 1.00. The Morgan fingerprint density at radius 2 is 1.95 bits per heavy atom. The monoisotopic (exact) mass is 257 g/mol. The minimum Gasteiger partial charge on any atom is -0.370 e. The van der Waals surface area contributed by atoms with Crippen molar-refractivity contribution in [3.8, 4) is 11.1 Å². The molecule has 2 aromatic rings. The first-order valence-corrected chi connectivity index (χ1v) is 6.90. The molecule has 0 saturated heterocycles. The van der Waals surface area contributed by atoms with E-state index in [2.05, 4.69) is 15.1 Å². The molecule has 0 spiro atoms. The average Bonchev–Trinajstić information content (AvgIpc) is 3.19. The molecule has 1 atom stereocenters. The van der Waals surface area contributed by atoms with Crippen molar-refractivity contribution < 1.29 is 4.39 Å². The lowest BCUT2D eigenvalue weighted by molar-refractivity contribution is 0.376. The Labute approximate surface area is 111 Å². The van der Waals surface area contributed by atoms with E-state index in [4.69, 9.17) is 0 Å². The van der Waals surface area contributed by atoms with Crippen LogP contribution in [0.1, 0.15) is 25.3 Å². The number of nitrogens with zero attached hydrogens (tertiary/aromatic N) is 2. The average molecular weight is 257 g/mol. The van der Waals surface area contributed by atoms with E-state index in [-0.39, 0.29) is 5.82 Å². The number of hydrogen-bond donors (Lipinski definition) is 1. The Hall–Kier alpha value is -1.84. The highest BCUT2D eigenvalue weighted by molar-refractivity contribution is 5.75. The molecule has 1 aromatic heterocycles. The van der Waals surface area contributed by atoms with E-state index in [0.717, 1.165) is 35.8 Å². The van der Waals surface area contributed by atoms with Gasteiger partial charge in [0.15, 0.2) is 0 Å². The lowest BCUT2D eigenvalue weighted by Crippen LogP contribution is -2.25. The summed E-state index contributed by atoms with van der Waals surface area (Å²) in [5.41, 5.74) is 2.09. The molecule has 3 nitrogen and oxygen atoms in total. The topological polar surface area (TPSA) is 29.9 Å². The van der Waals surface area contributed by atoms with Gasteiger partial charge in [-0.25, -0.2) is 9.07 Å². The second kappa shape index (κ2) is 4.08. The predicted molar refractivity (Wildman–Crippen MR) is 72.5 cm³/mol. The molecule has 2 heterocycles. The van der Waals surface area contributed by atoms with Crippen molar-refractivity contribution in [3.05, 3.63) is 36.3 Å². The van der Waals surface area contributed by atoms with Crippen molar-refractivity contribution >= 4 is 5.82 Å². The molecule has 1 unspecified atom stereocenters. The molecule has 1 fully saturated rings. The summed E-state index contributed by atoms with van der Waals surface area (Å²) in [6, 6.07) is 7.18. The third-order valence-corrected chi connectivity index (χ3v) is 4.16. The SMILES string of the molecule is Fc1ccc(-c2cnn3c2NCCC3C2CC2)cc1. The number of aromatic nitrogens is 2. The summed E-state index contributed by atoms with van der Waals surface area (Å²) < 4.78 is 15.1.